The maximum atomic E-state index is 10.6. The molecule has 0 aliphatic heterocycles. The molecule has 0 aliphatic carbocycles. The van der Waals surface area contributed by atoms with E-state index in [0.717, 1.165) is 11.3 Å². The summed E-state index contributed by atoms with van der Waals surface area (Å²) in [6.07, 6.45) is 0.439. The monoisotopic (exact) mass is 251 g/mol. The second-order valence-electron chi connectivity index (χ2n) is 2.21. The Morgan fingerprint density at radius 1 is 1.75 bits per heavy atom. The van der Waals surface area contributed by atoms with Gasteiger partial charge in [0.05, 0.1) is 5.97 Å². The van der Waals surface area contributed by atoms with Crippen molar-refractivity contribution in [1.29, 1.82) is 0 Å². The van der Waals surface area contributed by atoms with Crippen molar-refractivity contribution in [3.8, 4) is 0 Å². The third kappa shape index (κ3) is 3.89. The van der Waals surface area contributed by atoms with Crippen molar-refractivity contribution in [2.24, 2.45) is 5.16 Å². The van der Waals surface area contributed by atoms with Crippen LogP contribution in [-0.4, -0.2) is 30.2 Å². The Morgan fingerprint density at radius 3 is 2.94 bits per heavy atom. The number of carbonyl (C=O) groups is 2. The van der Waals surface area contributed by atoms with E-state index in [2.05, 4.69) is 20.3 Å². The minimum absolute atomic E-state index is 0. The molecule has 1 N–H and O–H groups in total. The first kappa shape index (κ1) is 15.0. The quantitative estimate of drug-likeness (QED) is 0.247. The number of aromatic nitrogens is 1. The zero-order chi connectivity index (χ0) is 11.3. The van der Waals surface area contributed by atoms with Crippen molar-refractivity contribution >= 4 is 34.6 Å². The van der Waals surface area contributed by atoms with E-state index in [1.165, 1.54) is 12.5 Å². The molecule has 1 rings (SSSR count). The number of carbonyl (C=O) groups excluding carboxylic acids is 2. The zero-order valence-corrected chi connectivity index (χ0v) is 11.4. The van der Waals surface area contributed by atoms with Gasteiger partial charge in [0.2, 0.25) is 6.41 Å². The van der Waals surface area contributed by atoms with Gasteiger partial charge < -0.3 is 20.1 Å². The molecule has 0 spiro atoms. The van der Waals surface area contributed by atoms with Gasteiger partial charge in [0, 0.05) is 5.38 Å². The Balaban J connectivity index is 0.00000225. The molecule has 0 atom stereocenters. The molecule has 1 aromatic heterocycles. The molecule has 7 nitrogen and oxygen atoms in total. The molecule has 0 radical (unpaired) electrons. The standard InChI is InChI=1S/C7H7N3O4S.Na/c1-14-10-5(6(12)13)4-2-15-7(9-4)8-3-11;/h2-3H,1H3,(H,12,13)(H,8,9,11);/q;+1/p-1. The molecule has 0 bridgehead atoms. The van der Waals surface area contributed by atoms with Crippen molar-refractivity contribution in [2.45, 2.75) is 0 Å². The van der Waals surface area contributed by atoms with Crippen LogP contribution in [0.1, 0.15) is 5.69 Å². The number of hydrogen-bond donors (Lipinski definition) is 1. The number of rotatable bonds is 5. The first-order chi connectivity index (χ1) is 7.19. The average molecular weight is 251 g/mol. The smallest absolute Gasteiger partial charge is 0.543 e. The second-order valence-corrected chi connectivity index (χ2v) is 3.07. The Bertz CT molecular complexity index is 406. The number of hydrogen-bond acceptors (Lipinski definition) is 7. The third-order valence-electron chi connectivity index (χ3n) is 1.31. The number of nitrogens with zero attached hydrogens (tertiary/aromatic N) is 2. The second kappa shape index (κ2) is 7.34. The van der Waals surface area contributed by atoms with E-state index >= 15 is 0 Å². The van der Waals surface area contributed by atoms with Gasteiger partial charge in [0.25, 0.3) is 0 Å². The van der Waals surface area contributed by atoms with Crippen LogP contribution in [0.3, 0.4) is 0 Å². The van der Waals surface area contributed by atoms with Gasteiger partial charge in [-0.2, -0.15) is 0 Å². The van der Waals surface area contributed by atoms with Crippen LogP contribution >= 0.6 is 11.3 Å². The Kier molecular flexibility index (Phi) is 6.90. The van der Waals surface area contributed by atoms with E-state index in [1.54, 1.807) is 0 Å². The van der Waals surface area contributed by atoms with E-state index in [9.17, 15) is 14.7 Å². The molecule has 0 saturated heterocycles. The molecule has 80 valence electrons. The summed E-state index contributed by atoms with van der Waals surface area (Å²) in [6, 6.07) is 0. The van der Waals surface area contributed by atoms with E-state index < -0.39 is 11.7 Å². The maximum Gasteiger partial charge on any atom is 1.00 e. The molecular weight excluding hydrogens is 245 g/mol. The van der Waals surface area contributed by atoms with Crippen LogP contribution in [-0.2, 0) is 14.4 Å². The average Bonchev–Trinajstić information content (AvgIpc) is 2.62. The molecular formula is C7H6N3NaO4S. The fourth-order valence-corrected chi connectivity index (χ4v) is 1.43. The van der Waals surface area contributed by atoms with Gasteiger partial charge in [-0.3, -0.25) is 4.79 Å². The number of carboxylic acids is 1. The molecule has 9 heteroatoms. The molecule has 0 unspecified atom stereocenters. The van der Waals surface area contributed by atoms with Gasteiger partial charge in [-0.25, -0.2) is 4.98 Å². The van der Waals surface area contributed by atoms with E-state index in [1.807, 2.05) is 0 Å². The molecule has 0 fully saturated rings. The van der Waals surface area contributed by atoms with Crippen LogP contribution in [0.25, 0.3) is 0 Å². The van der Waals surface area contributed by atoms with Gasteiger partial charge in [-0.15, -0.1) is 11.3 Å². The molecule has 1 amide bonds. The van der Waals surface area contributed by atoms with Crippen molar-refractivity contribution in [3.05, 3.63) is 11.1 Å². The zero-order valence-electron chi connectivity index (χ0n) is 8.59. The fourth-order valence-electron chi connectivity index (χ4n) is 0.779. The minimum Gasteiger partial charge on any atom is -0.543 e. The number of nitrogens with one attached hydrogen (secondary N) is 1. The third-order valence-corrected chi connectivity index (χ3v) is 2.08. The number of amides is 1. The number of aliphatic carboxylic acids is 1. The topological polar surface area (TPSA) is 104 Å². The van der Waals surface area contributed by atoms with Crippen LogP contribution in [0, 0.1) is 0 Å². The van der Waals surface area contributed by atoms with Gasteiger partial charge in [-0.05, 0) is 0 Å². The summed E-state index contributed by atoms with van der Waals surface area (Å²) in [5, 5.41) is 17.8. The van der Waals surface area contributed by atoms with Gasteiger partial charge >= 0.3 is 29.6 Å². The first-order valence-electron chi connectivity index (χ1n) is 3.67. The summed E-state index contributed by atoms with van der Waals surface area (Å²) >= 11 is 1.06. The van der Waals surface area contributed by atoms with Crippen LogP contribution in [0.5, 0.6) is 0 Å². The molecule has 16 heavy (non-hydrogen) atoms. The molecule has 0 aliphatic rings. The SMILES string of the molecule is CON=C(C(=O)[O-])c1csc(NC=O)n1.[Na+]. The summed E-state index contributed by atoms with van der Waals surface area (Å²) < 4.78 is 0. The predicted octanol–water partition coefficient (Wildman–Crippen LogP) is -4.18. The fraction of sp³-hybridized carbons (Fsp3) is 0.143. The number of oxime groups is 1. The number of anilines is 1. The van der Waals surface area contributed by atoms with Crippen LogP contribution < -0.4 is 40.0 Å². The van der Waals surface area contributed by atoms with Gasteiger partial charge in [0.1, 0.15) is 12.8 Å². The van der Waals surface area contributed by atoms with Crippen LogP contribution in [0.2, 0.25) is 0 Å². The maximum absolute atomic E-state index is 10.6. The predicted molar refractivity (Wildman–Crippen MR) is 50.4 cm³/mol. The largest absolute Gasteiger partial charge is 1.00 e. The van der Waals surface area contributed by atoms with E-state index in [0.29, 0.717) is 6.41 Å². The number of carboxylic acid groups (broad SMARTS) is 1. The van der Waals surface area contributed by atoms with Crippen LogP contribution in [0.15, 0.2) is 10.5 Å². The molecule has 1 aromatic rings. The molecule has 0 saturated carbocycles. The summed E-state index contributed by atoms with van der Waals surface area (Å²) in [5.41, 5.74) is -0.348. The molecule has 1 heterocycles. The van der Waals surface area contributed by atoms with E-state index in [-0.39, 0.29) is 40.4 Å². The van der Waals surface area contributed by atoms with Crippen molar-refractivity contribution in [1.82, 2.24) is 4.98 Å². The number of thiazole rings is 1. The Hall–Kier alpha value is -0.960. The first-order valence-corrected chi connectivity index (χ1v) is 4.55. The van der Waals surface area contributed by atoms with Gasteiger partial charge in [0.15, 0.2) is 10.8 Å². The van der Waals surface area contributed by atoms with Gasteiger partial charge in [-0.1, -0.05) is 5.16 Å². The minimum atomic E-state index is -1.50. The summed E-state index contributed by atoms with van der Waals surface area (Å²) in [6.45, 7) is 0. The molecule has 0 aromatic carbocycles. The van der Waals surface area contributed by atoms with E-state index in [4.69, 9.17) is 0 Å². The Labute approximate surface area is 117 Å². The van der Waals surface area contributed by atoms with Crippen LogP contribution in [0.4, 0.5) is 5.13 Å². The summed E-state index contributed by atoms with van der Waals surface area (Å²) in [5.74, 6) is -1.50. The summed E-state index contributed by atoms with van der Waals surface area (Å²) in [7, 11) is 1.21. The van der Waals surface area contributed by atoms with Crippen molar-refractivity contribution in [2.75, 3.05) is 12.4 Å². The van der Waals surface area contributed by atoms with Crippen molar-refractivity contribution in [3.63, 3.8) is 0 Å². The summed E-state index contributed by atoms with van der Waals surface area (Å²) in [4.78, 5) is 28.8. The van der Waals surface area contributed by atoms with Crippen molar-refractivity contribution < 1.29 is 49.1 Å². The normalized spacial score (nSPS) is 10.2. The Morgan fingerprint density at radius 2 is 2.44 bits per heavy atom.